The summed E-state index contributed by atoms with van der Waals surface area (Å²) in [5.74, 6) is 0. The number of nitrogens with one attached hydrogen (secondary N) is 1. The van der Waals surface area contributed by atoms with Crippen LogP contribution in [0.3, 0.4) is 0 Å². The molecule has 0 unspecified atom stereocenters. The van der Waals surface area contributed by atoms with E-state index in [2.05, 4.69) is 21.2 Å². The molecule has 0 aromatic heterocycles. The molecule has 0 saturated heterocycles. The third-order valence-electron chi connectivity index (χ3n) is 0.851. The van der Waals surface area contributed by atoms with Crippen molar-refractivity contribution in [3.8, 4) is 0 Å². The predicted octanol–water partition coefficient (Wildman–Crippen LogP) is 0.667. The second-order valence-electron chi connectivity index (χ2n) is 1.63. The van der Waals surface area contributed by atoms with E-state index in [0.29, 0.717) is 0 Å². The van der Waals surface area contributed by atoms with Crippen LogP contribution in [-0.2, 0) is 0 Å². The Bertz CT molecular complexity index is 137. The normalized spacial score (nSPS) is 34.8. The number of nitrogens with two attached hydrogens (primary N) is 1. The molecule has 0 radical (unpaired) electrons. The van der Waals surface area contributed by atoms with Gasteiger partial charge in [0.25, 0.3) is 0 Å². The smallest absolute Gasteiger partial charge is 0.162 e. The lowest BCUT2D eigenvalue weighted by Crippen LogP contribution is -2.43. The van der Waals surface area contributed by atoms with E-state index in [9.17, 15) is 0 Å². The summed E-state index contributed by atoms with van der Waals surface area (Å²) in [5.41, 5.74) is 5.55. The van der Waals surface area contributed by atoms with Crippen LogP contribution in [0.25, 0.3) is 0 Å². The molecular formula is C5H7BrN2. The number of hydrogen-bond acceptors (Lipinski definition) is 2. The van der Waals surface area contributed by atoms with E-state index in [1.807, 2.05) is 18.2 Å². The average molecular weight is 175 g/mol. The van der Waals surface area contributed by atoms with Gasteiger partial charge in [-0.1, -0.05) is 6.08 Å². The Labute approximate surface area is 56.6 Å². The lowest BCUT2D eigenvalue weighted by Gasteiger charge is -2.19. The number of dihydropyridines is 1. The molecule has 0 amide bonds. The topological polar surface area (TPSA) is 38.0 Å². The summed E-state index contributed by atoms with van der Waals surface area (Å²) in [6.45, 7) is 0. The second-order valence-corrected chi connectivity index (χ2v) is 2.94. The van der Waals surface area contributed by atoms with Crippen molar-refractivity contribution < 1.29 is 0 Å². The highest BCUT2D eigenvalue weighted by Crippen LogP contribution is 2.10. The molecule has 0 aromatic carbocycles. The maximum atomic E-state index is 5.55. The lowest BCUT2D eigenvalue weighted by molar-refractivity contribution is 0.681. The van der Waals surface area contributed by atoms with Crippen LogP contribution in [0, 0.1) is 0 Å². The van der Waals surface area contributed by atoms with Crippen molar-refractivity contribution in [2.75, 3.05) is 0 Å². The van der Waals surface area contributed by atoms with Gasteiger partial charge >= 0.3 is 0 Å². The van der Waals surface area contributed by atoms with Gasteiger partial charge in [-0.3, -0.25) is 5.73 Å². The predicted molar refractivity (Wildman–Crippen MR) is 37.3 cm³/mol. The first-order valence-electron chi connectivity index (χ1n) is 2.31. The average Bonchev–Trinajstić information content (AvgIpc) is 1.65. The highest BCUT2D eigenvalue weighted by atomic mass is 79.9. The summed E-state index contributed by atoms with van der Waals surface area (Å²) in [4.78, 5) is 0. The van der Waals surface area contributed by atoms with Gasteiger partial charge in [-0.2, -0.15) is 0 Å². The first-order chi connectivity index (χ1) is 3.71. The molecule has 0 aliphatic carbocycles. The largest absolute Gasteiger partial charge is 0.361 e. The van der Waals surface area contributed by atoms with Gasteiger partial charge in [0, 0.05) is 0 Å². The molecule has 1 aliphatic rings. The van der Waals surface area contributed by atoms with Crippen molar-refractivity contribution in [3.63, 3.8) is 0 Å². The molecule has 0 saturated carbocycles. The Morgan fingerprint density at radius 2 is 2.25 bits per heavy atom. The minimum Gasteiger partial charge on any atom is -0.361 e. The van der Waals surface area contributed by atoms with Crippen molar-refractivity contribution in [3.05, 3.63) is 24.4 Å². The highest BCUT2D eigenvalue weighted by molar-refractivity contribution is 9.10. The molecule has 0 spiro atoms. The number of hydrogen-bond donors (Lipinski definition) is 2. The maximum absolute atomic E-state index is 5.55. The van der Waals surface area contributed by atoms with E-state index in [4.69, 9.17) is 5.73 Å². The van der Waals surface area contributed by atoms with Gasteiger partial charge in [0.2, 0.25) is 0 Å². The summed E-state index contributed by atoms with van der Waals surface area (Å²) in [6.07, 6.45) is 7.37. The summed E-state index contributed by atoms with van der Waals surface area (Å²) < 4.78 is -0.526. The van der Waals surface area contributed by atoms with Gasteiger partial charge < -0.3 is 5.32 Å². The van der Waals surface area contributed by atoms with E-state index in [0.717, 1.165) is 0 Å². The molecule has 8 heavy (non-hydrogen) atoms. The Balaban J connectivity index is 2.65. The zero-order valence-electron chi connectivity index (χ0n) is 4.26. The monoisotopic (exact) mass is 174 g/mol. The first kappa shape index (κ1) is 5.85. The number of alkyl halides is 1. The number of rotatable bonds is 0. The molecule has 0 bridgehead atoms. The molecule has 1 atom stereocenters. The molecule has 44 valence electrons. The minimum absolute atomic E-state index is 0.526. The van der Waals surface area contributed by atoms with E-state index in [1.165, 1.54) is 0 Å². The van der Waals surface area contributed by atoms with Crippen molar-refractivity contribution in [1.82, 2.24) is 5.32 Å². The van der Waals surface area contributed by atoms with Gasteiger partial charge in [-0.15, -0.1) is 0 Å². The minimum atomic E-state index is -0.526. The van der Waals surface area contributed by atoms with Gasteiger partial charge in [0.15, 0.2) is 4.57 Å². The van der Waals surface area contributed by atoms with Crippen LogP contribution < -0.4 is 11.1 Å². The second kappa shape index (κ2) is 1.91. The summed E-state index contributed by atoms with van der Waals surface area (Å²) >= 11 is 3.22. The molecule has 0 aromatic rings. The highest BCUT2D eigenvalue weighted by Gasteiger charge is 2.13. The molecule has 1 heterocycles. The van der Waals surface area contributed by atoms with Crippen LogP contribution in [0.2, 0.25) is 0 Å². The van der Waals surface area contributed by atoms with E-state index in [1.54, 1.807) is 6.20 Å². The number of allylic oxidation sites excluding steroid dienone is 2. The molecule has 1 aliphatic heterocycles. The SMILES string of the molecule is N[C@@]1(Br)C=CC=CN1. The third-order valence-corrected chi connectivity index (χ3v) is 1.34. The standard InChI is InChI=1S/C5H7BrN2/c6-5(7)3-1-2-4-8-5/h1-4,8H,7H2/t5-/m0/s1. The van der Waals surface area contributed by atoms with Crippen LogP contribution in [0.5, 0.6) is 0 Å². The van der Waals surface area contributed by atoms with Gasteiger partial charge in [-0.25, -0.2) is 0 Å². The molecule has 2 nitrogen and oxygen atoms in total. The van der Waals surface area contributed by atoms with Gasteiger partial charge in [-0.05, 0) is 34.3 Å². The van der Waals surface area contributed by atoms with Crippen LogP contribution >= 0.6 is 15.9 Å². The van der Waals surface area contributed by atoms with Crippen molar-refractivity contribution in [2.45, 2.75) is 4.57 Å². The summed E-state index contributed by atoms with van der Waals surface area (Å²) in [6, 6.07) is 0. The van der Waals surface area contributed by atoms with Crippen LogP contribution in [-0.4, -0.2) is 4.57 Å². The zero-order chi connectivity index (χ0) is 6.04. The van der Waals surface area contributed by atoms with Crippen LogP contribution in [0.15, 0.2) is 24.4 Å². The Morgan fingerprint density at radius 3 is 2.50 bits per heavy atom. The third kappa shape index (κ3) is 1.35. The molecule has 0 fully saturated rings. The Kier molecular flexibility index (Phi) is 1.40. The van der Waals surface area contributed by atoms with Crippen molar-refractivity contribution in [1.29, 1.82) is 0 Å². The van der Waals surface area contributed by atoms with E-state index < -0.39 is 4.57 Å². The Hall–Kier alpha value is -0.280. The molecule has 1 rings (SSSR count). The quantitative estimate of drug-likeness (QED) is 0.419. The van der Waals surface area contributed by atoms with Gasteiger partial charge in [0.1, 0.15) is 0 Å². The fourth-order valence-electron chi connectivity index (χ4n) is 0.475. The first-order valence-corrected chi connectivity index (χ1v) is 3.10. The number of halogens is 1. The maximum Gasteiger partial charge on any atom is 0.162 e. The van der Waals surface area contributed by atoms with Crippen LogP contribution in [0.4, 0.5) is 0 Å². The van der Waals surface area contributed by atoms with Crippen molar-refractivity contribution >= 4 is 15.9 Å². The van der Waals surface area contributed by atoms with Crippen LogP contribution in [0.1, 0.15) is 0 Å². The molecular weight excluding hydrogens is 168 g/mol. The molecule has 3 heteroatoms. The Morgan fingerprint density at radius 1 is 1.50 bits per heavy atom. The lowest BCUT2D eigenvalue weighted by atomic mass is 10.3. The fraction of sp³-hybridized carbons (Fsp3) is 0.200. The molecule has 3 N–H and O–H groups in total. The van der Waals surface area contributed by atoms with E-state index in [-0.39, 0.29) is 0 Å². The summed E-state index contributed by atoms with van der Waals surface area (Å²) in [5, 5.41) is 2.89. The zero-order valence-corrected chi connectivity index (χ0v) is 5.85. The van der Waals surface area contributed by atoms with E-state index >= 15 is 0 Å². The van der Waals surface area contributed by atoms with Gasteiger partial charge in [0.05, 0.1) is 0 Å². The van der Waals surface area contributed by atoms with Crippen molar-refractivity contribution in [2.24, 2.45) is 5.73 Å². The summed E-state index contributed by atoms with van der Waals surface area (Å²) in [7, 11) is 0. The fourth-order valence-corrected chi connectivity index (χ4v) is 0.760.